The minimum Gasteiger partial charge on any atom is -0.452 e. The van der Waals surface area contributed by atoms with Crippen LogP contribution in [0, 0.1) is 15.9 Å². The van der Waals surface area contributed by atoms with Gasteiger partial charge in [0.2, 0.25) is 0 Å². The van der Waals surface area contributed by atoms with E-state index in [-0.39, 0.29) is 23.6 Å². The summed E-state index contributed by atoms with van der Waals surface area (Å²) in [6, 6.07) is 9.40. The summed E-state index contributed by atoms with van der Waals surface area (Å²) in [5.74, 6) is -1.78. The molecule has 2 aromatic carbocycles. The van der Waals surface area contributed by atoms with Crippen LogP contribution >= 0.6 is 0 Å². The summed E-state index contributed by atoms with van der Waals surface area (Å²) < 4.78 is 17.8. The number of halogens is 1. The second-order valence-electron chi connectivity index (χ2n) is 5.83. The highest BCUT2D eigenvalue weighted by Crippen LogP contribution is 2.24. The third-order valence-electron chi connectivity index (χ3n) is 3.63. The number of hydrogen-bond donors (Lipinski definition) is 1. The molecule has 0 fully saturated rings. The van der Waals surface area contributed by atoms with Gasteiger partial charge >= 0.3 is 5.97 Å². The lowest BCUT2D eigenvalue weighted by molar-refractivity contribution is -0.384. The van der Waals surface area contributed by atoms with Gasteiger partial charge in [-0.3, -0.25) is 14.9 Å². The van der Waals surface area contributed by atoms with E-state index in [9.17, 15) is 24.1 Å². The number of anilines is 1. The zero-order chi connectivity index (χ0) is 20.0. The highest BCUT2D eigenvalue weighted by Gasteiger charge is 2.20. The fourth-order valence-corrected chi connectivity index (χ4v) is 2.25. The maximum atomic E-state index is 12.8. The molecule has 0 aromatic heterocycles. The lowest BCUT2D eigenvalue weighted by atomic mass is 10.1. The predicted octanol–water partition coefficient (Wildman–Crippen LogP) is 2.27. The van der Waals surface area contributed by atoms with Crippen molar-refractivity contribution in [3.05, 3.63) is 69.5 Å². The fraction of sp³-hybridized carbons (Fsp3) is 0.222. The van der Waals surface area contributed by atoms with E-state index in [1.807, 2.05) is 0 Å². The summed E-state index contributed by atoms with van der Waals surface area (Å²) >= 11 is 0. The standard InChI is InChI=1S/C18H18FN3O5/c1-21(2)16-8-7-14(22(25)26)9-15(16)18(24)27-11-17(23)20-10-12-3-5-13(19)6-4-12/h3-9H,10-11H2,1-2H3,(H,20,23). The first-order chi connectivity index (χ1) is 12.8. The molecule has 9 heteroatoms. The summed E-state index contributed by atoms with van der Waals surface area (Å²) in [4.78, 5) is 36.0. The van der Waals surface area contributed by atoms with Crippen molar-refractivity contribution in [1.29, 1.82) is 0 Å². The van der Waals surface area contributed by atoms with Crippen molar-refractivity contribution in [2.24, 2.45) is 0 Å². The van der Waals surface area contributed by atoms with Gasteiger partial charge in [-0.2, -0.15) is 0 Å². The summed E-state index contributed by atoms with van der Waals surface area (Å²) in [5, 5.41) is 13.5. The first-order valence-corrected chi connectivity index (χ1v) is 7.92. The molecule has 27 heavy (non-hydrogen) atoms. The number of non-ortho nitro benzene ring substituents is 1. The number of ether oxygens (including phenoxy) is 1. The van der Waals surface area contributed by atoms with Gasteiger partial charge in [0, 0.05) is 32.8 Å². The third-order valence-corrected chi connectivity index (χ3v) is 3.63. The Bertz CT molecular complexity index is 853. The number of esters is 1. The van der Waals surface area contributed by atoms with Crippen LogP contribution < -0.4 is 10.2 Å². The Kier molecular flexibility index (Phi) is 6.42. The van der Waals surface area contributed by atoms with Crippen LogP contribution in [0.1, 0.15) is 15.9 Å². The van der Waals surface area contributed by atoms with E-state index in [2.05, 4.69) is 5.32 Å². The average Bonchev–Trinajstić information content (AvgIpc) is 2.64. The number of carbonyl (C=O) groups is 2. The molecule has 0 saturated heterocycles. The molecule has 1 amide bonds. The molecular weight excluding hydrogens is 357 g/mol. The summed E-state index contributed by atoms with van der Waals surface area (Å²) in [6.07, 6.45) is 0. The van der Waals surface area contributed by atoms with Crippen molar-refractivity contribution in [2.45, 2.75) is 6.54 Å². The number of nitro benzene ring substituents is 1. The average molecular weight is 375 g/mol. The molecule has 142 valence electrons. The number of carbonyl (C=O) groups excluding carboxylic acids is 2. The van der Waals surface area contributed by atoms with Crippen LogP contribution in [0.25, 0.3) is 0 Å². The van der Waals surface area contributed by atoms with Crippen molar-refractivity contribution < 1.29 is 23.6 Å². The van der Waals surface area contributed by atoms with Crippen LogP contribution in [0.2, 0.25) is 0 Å². The van der Waals surface area contributed by atoms with E-state index < -0.39 is 23.4 Å². The van der Waals surface area contributed by atoms with Gasteiger partial charge in [0.05, 0.1) is 16.2 Å². The molecule has 0 aliphatic carbocycles. The number of rotatable bonds is 7. The number of nitrogens with zero attached hydrogens (tertiary/aromatic N) is 2. The Labute approximate surface area is 154 Å². The maximum Gasteiger partial charge on any atom is 0.341 e. The molecule has 2 rings (SSSR count). The predicted molar refractivity (Wildman–Crippen MR) is 96.0 cm³/mol. The minimum absolute atomic E-state index is 0.0134. The van der Waals surface area contributed by atoms with Crippen molar-refractivity contribution in [1.82, 2.24) is 5.32 Å². The third kappa shape index (κ3) is 5.50. The summed E-state index contributed by atoms with van der Waals surface area (Å²) in [5.41, 5.74) is 0.843. The SMILES string of the molecule is CN(C)c1ccc([N+](=O)[O-])cc1C(=O)OCC(=O)NCc1ccc(F)cc1. The normalized spacial score (nSPS) is 10.2. The number of nitro groups is 1. The monoisotopic (exact) mass is 375 g/mol. The second-order valence-corrected chi connectivity index (χ2v) is 5.83. The van der Waals surface area contributed by atoms with Crippen LogP contribution in [0.4, 0.5) is 15.8 Å². The molecule has 8 nitrogen and oxygen atoms in total. The number of hydrogen-bond acceptors (Lipinski definition) is 6. The molecule has 0 aliphatic heterocycles. The van der Waals surface area contributed by atoms with E-state index in [1.54, 1.807) is 19.0 Å². The number of nitrogens with one attached hydrogen (secondary N) is 1. The number of amides is 1. The molecule has 0 bridgehead atoms. The van der Waals surface area contributed by atoms with Crippen LogP contribution in [-0.4, -0.2) is 37.5 Å². The molecule has 1 N–H and O–H groups in total. The first-order valence-electron chi connectivity index (χ1n) is 7.92. The molecule has 0 aliphatic rings. The topological polar surface area (TPSA) is 102 Å². The van der Waals surface area contributed by atoms with Gasteiger partial charge in [-0.15, -0.1) is 0 Å². The van der Waals surface area contributed by atoms with Crippen molar-refractivity contribution in [3.8, 4) is 0 Å². The van der Waals surface area contributed by atoms with Crippen molar-refractivity contribution in [3.63, 3.8) is 0 Å². The first kappa shape index (κ1) is 19.8. The van der Waals surface area contributed by atoms with E-state index in [0.717, 1.165) is 6.07 Å². The Balaban J connectivity index is 1.98. The Morgan fingerprint density at radius 2 is 1.85 bits per heavy atom. The molecule has 2 aromatic rings. The van der Waals surface area contributed by atoms with Crippen LogP contribution in [0.15, 0.2) is 42.5 Å². The summed E-state index contributed by atoms with van der Waals surface area (Å²) in [7, 11) is 3.35. The van der Waals surface area contributed by atoms with Gasteiger partial charge in [0.1, 0.15) is 5.82 Å². The van der Waals surface area contributed by atoms with Crippen molar-refractivity contribution in [2.75, 3.05) is 25.6 Å². The van der Waals surface area contributed by atoms with Gasteiger partial charge in [0.15, 0.2) is 6.61 Å². The van der Waals surface area contributed by atoms with Crippen LogP contribution in [0.3, 0.4) is 0 Å². The molecule has 0 radical (unpaired) electrons. The molecule has 0 unspecified atom stereocenters. The zero-order valence-corrected chi connectivity index (χ0v) is 14.8. The molecule has 0 saturated carbocycles. The second kappa shape index (κ2) is 8.75. The molecular formula is C18H18FN3O5. The minimum atomic E-state index is -0.848. The van der Waals surface area contributed by atoms with E-state index in [0.29, 0.717) is 11.3 Å². The van der Waals surface area contributed by atoms with Gasteiger partial charge < -0.3 is 15.0 Å². The maximum absolute atomic E-state index is 12.8. The highest BCUT2D eigenvalue weighted by molar-refractivity contribution is 5.97. The Morgan fingerprint density at radius 3 is 2.44 bits per heavy atom. The molecule has 0 heterocycles. The van der Waals surface area contributed by atoms with E-state index in [1.165, 1.54) is 36.4 Å². The van der Waals surface area contributed by atoms with Gasteiger partial charge in [-0.1, -0.05) is 12.1 Å². The number of benzene rings is 2. The Morgan fingerprint density at radius 1 is 1.19 bits per heavy atom. The van der Waals surface area contributed by atoms with Crippen LogP contribution in [-0.2, 0) is 16.1 Å². The molecule has 0 spiro atoms. The highest BCUT2D eigenvalue weighted by atomic mass is 19.1. The van der Waals surface area contributed by atoms with Crippen LogP contribution in [0.5, 0.6) is 0 Å². The van der Waals surface area contributed by atoms with Crippen molar-refractivity contribution >= 4 is 23.3 Å². The van der Waals surface area contributed by atoms with Gasteiger partial charge in [-0.25, -0.2) is 9.18 Å². The lowest BCUT2D eigenvalue weighted by Crippen LogP contribution is -2.28. The summed E-state index contributed by atoms with van der Waals surface area (Å²) in [6.45, 7) is -0.397. The van der Waals surface area contributed by atoms with E-state index >= 15 is 0 Å². The largest absolute Gasteiger partial charge is 0.452 e. The smallest absolute Gasteiger partial charge is 0.341 e. The quantitative estimate of drug-likeness (QED) is 0.453. The van der Waals surface area contributed by atoms with E-state index in [4.69, 9.17) is 4.74 Å². The lowest BCUT2D eigenvalue weighted by Gasteiger charge is -2.16. The van der Waals surface area contributed by atoms with Gasteiger partial charge in [0.25, 0.3) is 11.6 Å². The fourth-order valence-electron chi connectivity index (χ4n) is 2.25. The zero-order valence-electron chi connectivity index (χ0n) is 14.8. The Hall–Kier alpha value is -3.49. The van der Waals surface area contributed by atoms with Gasteiger partial charge in [-0.05, 0) is 23.8 Å². The molecule has 0 atom stereocenters.